The smallest absolute Gasteiger partial charge is 0.165 e. The summed E-state index contributed by atoms with van der Waals surface area (Å²) in [5, 5.41) is 3.30. The lowest BCUT2D eigenvalue weighted by molar-refractivity contribution is 0.284. The highest BCUT2D eigenvalue weighted by molar-refractivity contribution is 5.37. The van der Waals surface area contributed by atoms with Gasteiger partial charge in [-0.2, -0.15) is 0 Å². The fourth-order valence-corrected chi connectivity index (χ4v) is 2.31. The minimum atomic E-state index is -0.263. The number of nitrogens with one attached hydrogen (secondary N) is 1. The van der Waals surface area contributed by atoms with Crippen molar-refractivity contribution in [2.75, 3.05) is 13.2 Å². The first-order valence-electron chi connectivity index (χ1n) is 7.85. The molecule has 3 heteroatoms. The van der Waals surface area contributed by atoms with Gasteiger partial charge in [0, 0.05) is 11.6 Å². The van der Waals surface area contributed by atoms with E-state index in [1.54, 1.807) is 6.07 Å². The minimum Gasteiger partial charge on any atom is -0.490 e. The Hall–Kier alpha value is -1.09. The molecule has 0 aromatic heterocycles. The van der Waals surface area contributed by atoms with Gasteiger partial charge in [0.2, 0.25) is 0 Å². The highest BCUT2D eigenvalue weighted by Gasteiger charge is 2.14. The Morgan fingerprint density at radius 2 is 1.90 bits per heavy atom. The van der Waals surface area contributed by atoms with E-state index >= 15 is 0 Å². The molecule has 2 nitrogen and oxygen atoms in total. The molecule has 1 aromatic carbocycles. The standard InChI is InChI=1S/C17H28FNO/c1-4-6-7-8-9-13-20-17-15(14(3)19-5-2)11-10-12-16(17)18/h10-12,14,19H,4-9,13H2,1-3H3. The van der Waals surface area contributed by atoms with Gasteiger partial charge < -0.3 is 10.1 Å². The van der Waals surface area contributed by atoms with Crippen LogP contribution in [0.15, 0.2) is 18.2 Å². The molecule has 1 aromatic rings. The van der Waals surface area contributed by atoms with E-state index in [0.717, 1.165) is 24.9 Å². The van der Waals surface area contributed by atoms with Crippen LogP contribution in [0.1, 0.15) is 64.5 Å². The Morgan fingerprint density at radius 3 is 2.60 bits per heavy atom. The monoisotopic (exact) mass is 281 g/mol. The zero-order valence-corrected chi connectivity index (χ0v) is 13.0. The van der Waals surface area contributed by atoms with E-state index in [9.17, 15) is 4.39 Å². The third kappa shape index (κ3) is 5.49. The minimum absolute atomic E-state index is 0.103. The molecule has 0 saturated carbocycles. The molecule has 0 amide bonds. The van der Waals surface area contributed by atoms with Gasteiger partial charge in [-0.15, -0.1) is 0 Å². The van der Waals surface area contributed by atoms with E-state index in [-0.39, 0.29) is 11.9 Å². The topological polar surface area (TPSA) is 21.3 Å². The van der Waals surface area contributed by atoms with Crippen LogP contribution in [0.4, 0.5) is 4.39 Å². The molecule has 0 radical (unpaired) electrons. The van der Waals surface area contributed by atoms with Crippen molar-refractivity contribution in [2.24, 2.45) is 0 Å². The lowest BCUT2D eigenvalue weighted by atomic mass is 10.1. The van der Waals surface area contributed by atoms with Crippen molar-refractivity contribution in [3.05, 3.63) is 29.6 Å². The molecule has 114 valence electrons. The van der Waals surface area contributed by atoms with Gasteiger partial charge in [0.05, 0.1) is 6.61 Å². The Labute approximate surface area is 122 Å². The highest BCUT2D eigenvalue weighted by Crippen LogP contribution is 2.28. The molecule has 1 N–H and O–H groups in total. The SMILES string of the molecule is CCCCCCCOc1c(F)cccc1C(C)NCC. The molecule has 0 saturated heterocycles. The predicted octanol–water partition coefficient (Wildman–Crippen LogP) is 4.85. The molecule has 1 atom stereocenters. The first-order valence-corrected chi connectivity index (χ1v) is 7.85. The molecule has 1 rings (SSSR count). The molecule has 0 heterocycles. The fourth-order valence-electron chi connectivity index (χ4n) is 2.31. The molecular weight excluding hydrogens is 253 g/mol. The maximum Gasteiger partial charge on any atom is 0.165 e. The third-order valence-electron chi connectivity index (χ3n) is 3.47. The second-order valence-electron chi connectivity index (χ2n) is 5.20. The Balaban J connectivity index is 2.54. The maximum atomic E-state index is 13.9. The van der Waals surface area contributed by atoms with Crippen LogP contribution in [-0.4, -0.2) is 13.2 Å². The van der Waals surface area contributed by atoms with Gasteiger partial charge in [-0.3, -0.25) is 0 Å². The van der Waals surface area contributed by atoms with Gasteiger partial charge in [-0.1, -0.05) is 51.7 Å². The van der Waals surface area contributed by atoms with Gasteiger partial charge in [0.15, 0.2) is 11.6 Å². The van der Waals surface area contributed by atoms with E-state index < -0.39 is 0 Å². The van der Waals surface area contributed by atoms with Gasteiger partial charge in [-0.05, 0) is 26.0 Å². The van der Waals surface area contributed by atoms with Crippen molar-refractivity contribution in [3.8, 4) is 5.75 Å². The van der Waals surface area contributed by atoms with Gasteiger partial charge >= 0.3 is 0 Å². The summed E-state index contributed by atoms with van der Waals surface area (Å²) in [6.45, 7) is 7.73. The average Bonchev–Trinajstić information content (AvgIpc) is 2.44. The van der Waals surface area contributed by atoms with Gasteiger partial charge in [0.1, 0.15) is 0 Å². The second-order valence-corrected chi connectivity index (χ2v) is 5.20. The summed E-state index contributed by atoms with van der Waals surface area (Å²) in [5.41, 5.74) is 0.903. The van der Waals surface area contributed by atoms with Crippen LogP contribution in [0.5, 0.6) is 5.75 Å². The molecule has 0 aliphatic heterocycles. The van der Waals surface area contributed by atoms with Gasteiger partial charge in [-0.25, -0.2) is 4.39 Å². The van der Waals surface area contributed by atoms with Gasteiger partial charge in [0.25, 0.3) is 0 Å². The lowest BCUT2D eigenvalue weighted by Gasteiger charge is -2.18. The Bertz CT molecular complexity index is 381. The fraction of sp³-hybridized carbons (Fsp3) is 0.647. The number of hydrogen-bond donors (Lipinski definition) is 1. The molecular formula is C17H28FNO. The van der Waals surface area contributed by atoms with E-state index in [1.807, 2.05) is 19.9 Å². The van der Waals surface area contributed by atoms with Crippen molar-refractivity contribution >= 4 is 0 Å². The predicted molar refractivity (Wildman–Crippen MR) is 82.7 cm³/mol. The third-order valence-corrected chi connectivity index (χ3v) is 3.47. The summed E-state index contributed by atoms with van der Waals surface area (Å²) in [4.78, 5) is 0. The Morgan fingerprint density at radius 1 is 1.15 bits per heavy atom. The largest absolute Gasteiger partial charge is 0.490 e. The highest BCUT2D eigenvalue weighted by atomic mass is 19.1. The van der Waals surface area contributed by atoms with Crippen LogP contribution in [0.3, 0.4) is 0 Å². The van der Waals surface area contributed by atoms with Crippen molar-refractivity contribution in [1.29, 1.82) is 0 Å². The molecule has 0 aliphatic rings. The van der Waals surface area contributed by atoms with E-state index in [0.29, 0.717) is 12.4 Å². The van der Waals surface area contributed by atoms with Crippen molar-refractivity contribution < 1.29 is 9.13 Å². The number of rotatable bonds is 10. The number of benzene rings is 1. The zero-order chi connectivity index (χ0) is 14.8. The molecule has 1 unspecified atom stereocenters. The molecule has 0 bridgehead atoms. The number of halogens is 1. The maximum absolute atomic E-state index is 13.9. The summed E-state index contributed by atoms with van der Waals surface area (Å²) < 4.78 is 19.6. The average molecular weight is 281 g/mol. The van der Waals surface area contributed by atoms with Crippen LogP contribution < -0.4 is 10.1 Å². The van der Waals surface area contributed by atoms with Crippen LogP contribution in [-0.2, 0) is 0 Å². The lowest BCUT2D eigenvalue weighted by Crippen LogP contribution is -2.19. The van der Waals surface area contributed by atoms with Crippen LogP contribution in [0, 0.1) is 5.82 Å². The normalized spacial score (nSPS) is 12.4. The summed E-state index contributed by atoms with van der Waals surface area (Å²) in [7, 11) is 0. The van der Waals surface area contributed by atoms with Crippen molar-refractivity contribution in [3.63, 3.8) is 0 Å². The molecule has 20 heavy (non-hydrogen) atoms. The summed E-state index contributed by atoms with van der Waals surface area (Å²) in [6, 6.07) is 5.25. The van der Waals surface area contributed by atoms with Crippen LogP contribution in [0.25, 0.3) is 0 Å². The second kappa shape index (κ2) is 9.76. The van der Waals surface area contributed by atoms with E-state index in [2.05, 4.69) is 12.2 Å². The molecule has 0 spiro atoms. The number of para-hydroxylation sites is 1. The van der Waals surface area contributed by atoms with Crippen molar-refractivity contribution in [2.45, 2.75) is 58.9 Å². The first-order chi connectivity index (χ1) is 9.70. The molecule has 0 aliphatic carbocycles. The molecule has 0 fully saturated rings. The van der Waals surface area contributed by atoms with Crippen LogP contribution >= 0.6 is 0 Å². The number of hydrogen-bond acceptors (Lipinski definition) is 2. The first kappa shape index (κ1) is 17.0. The zero-order valence-electron chi connectivity index (χ0n) is 13.0. The van der Waals surface area contributed by atoms with Crippen molar-refractivity contribution in [1.82, 2.24) is 5.32 Å². The number of ether oxygens (including phenoxy) is 1. The van der Waals surface area contributed by atoms with Crippen LogP contribution in [0.2, 0.25) is 0 Å². The summed E-state index contributed by atoms with van der Waals surface area (Å²) in [5.74, 6) is 0.150. The van der Waals surface area contributed by atoms with E-state index in [1.165, 1.54) is 25.3 Å². The summed E-state index contributed by atoms with van der Waals surface area (Å²) >= 11 is 0. The number of unbranched alkanes of at least 4 members (excludes halogenated alkanes) is 4. The summed E-state index contributed by atoms with van der Waals surface area (Å²) in [6.07, 6.45) is 5.88. The van der Waals surface area contributed by atoms with E-state index in [4.69, 9.17) is 4.74 Å². The Kier molecular flexibility index (Phi) is 8.28. The quantitative estimate of drug-likeness (QED) is 0.619.